The highest BCUT2D eigenvalue weighted by Gasteiger charge is 2.23. The Morgan fingerprint density at radius 1 is 0.893 bits per heavy atom. The van der Waals surface area contributed by atoms with Crippen LogP contribution in [-0.2, 0) is 4.79 Å². The van der Waals surface area contributed by atoms with Crippen molar-refractivity contribution in [3.63, 3.8) is 0 Å². The Balaban J connectivity index is 1.46. The molecule has 0 aliphatic carbocycles. The number of nitrogens with zero attached hydrogens (tertiary/aromatic N) is 2. The van der Waals surface area contributed by atoms with E-state index in [4.69, 9.17) is 0 Å². The summed E-state index contributed by atoms with van der Waals surface area (Å²) in [6.07, 6.45) is 0.360. The number of hydrazone groups is 1. The molecule has 4 rings (SSSR count). The Hall–Kier alpha value is -3.05. The molecule has 3 aromatic rings. The Morgan fingerprint density at radius 2 is 1.46 bits per heavy atom. The molecular formula is C23H21N3OS. The van der Waals surface area contributed by atoms with E-state index in [-0.39, 0.29) is 5.91 Å². The molecule has 1 N–H and O–H groups in total. The van der Waals surface area contributed by atoms with Gasteiger partial charge in [0, 0.05) is 22.8 Å². The Kier molecular flexibility index (Phi) is 5.44. The summed E-state index contributed by atoms with van der Waals surface area (Å²) in [6.45, 7) is 2.49. The standard InChI is InChI=1S/C23H21N3OS/c1-17(18-9-3-2-4-10-18)24-25-23(27)15-16-26-19-11-5-7-13-21(19)28-22-14-8-6-12-20(22)26/h2-14H,15-16H2,1H3,(H,25,27)/b24-17+. The number of fused-ring (bicyclic) bond motifs is 2. The first kappa shape index (κ1) is 18.3. The lowest BCUT2D eigenvalue weighted by atomic mass is 10.1. The van der Waals surface area contributed by atoms with Crippen molar-refractivity contribution in [1.82, 2.24) is 5.43 Å². The first-order valence-electron chi connectivity index (χ1n) is 9.24. The maximum Gasteiger partial charge on any atom is 0.241 e. The third-order valence-electron chi connectivity index (χ3n) is 4.63. The zero-order valence-electron chi connectivity index (χ0n) is 15.6. The summed E-state index contributed by atoms with van der Waals surface area (Å²) >= 11 is 1.77. The molecule has 0 spiro atoms. The maximum atomic E-state index is 12.4. The average Bonchev–Trinajstić information content (AvgIpc) is 2.75. The fourth-order valence-electron chi connectivity index (χ4n) is 3.18. The summed E-state index contributed by atoms with van der Waals surface area (Å²) in [5, 5.41) is 4.24. The molecule has 3 aromatic carbocycles. The van der Waals surface area contributed by atoms with E-state index < -0.39 is 0 Å². The van der Waals surface area contributed by atoms with Crippen LogP contribution in [0.15, 0.2) is 93.8 Å². The second-order valence-electron chi connectivity index (χ2n) is 6.54. The lowest BCUT2D eigenvalue weighted by Crippen LogP contribution is -2.28. The van der Waals surface area contributed by atoms with Gasteiger partial charge >= 0.3 is 0 Å². The van der Waals surface area contributed by atoms with E-state index >= 15 is 0 Å². The Labute approximate surface area is 169 Å². The summed E-state index contributed by atoms with van der Waals surface area (Å²) in [7, 11) is 0. The van der Waals surface area contributed by atoms with Crippen molar-refractivity contribution in [3.05, 3.63) is 84.4 Å². The van der Waals surface area contributed by atoms with Crippen molar-refractivity contribution in [2.24, 2.45) is 5.10 Å². The van der Waals surface area contributed by atoms with Gasteiger partial charge in [-0.1, -0.05) is 66.4 Å². The highest BCUT2D eigenvalue weighted by Crippen LogP contribution is 2.47. The number of carbonyl (C=O) groups excluding carboxylic acids is 1. The second-order valence-corrected chi connectivity index (χ2v) is 7.62. The molecule has 28 heavy (non-hydrogen) atoms. The zero-order chi connectivity index (χ0) is 19.3. The molecule has 4 nitrogen and oxygen atoms in total. The van der Waals surface area contributed by atoms with Gasteiger partial charge in [0.15, 0.2) is 0 Å². The van der Waals surface area contributed by atoms with E-state index in [1.807, 2.05) is 61.5 Å². The number of hydrogen-bond acceptors (Lipinski definition) is 4. The van der Waals surface area contributed by atoms with Crippen molar-refractivity contribution in [2.45, 2.75) is 23.1 Å². The number of carbonyl (C=O) groups is 1. The van der Waals surface area contributed by atoms with Gasteiger partial charge in [-0.2, -0.15) is 5.10 Å². The quantitative estimate of drug-likeness (QED) is 0.482. The third kappa shape index (κ3) is 3.94. The van der Waals surface area contributed by atoms with E-state index in [1.165, 1.54) is 9.79 Å². The van der Waals surface area contributed by atoms with Crippen LogP contribution >= 0.6 is 11.8 Å². The number of rotatable bonds is 5. The fraction of sp³-hybridized carbons (Fsp3) is 0.130. The van der Waals surface area contributed by atoms with Crippen LogP contribution in [0.2, 0.25) is 0 Å². The molecule has 1 heterocycles. The summed E-state index contributed by atoms with van der Waals surface area (Å²) in [6, 6.07) is 26.4. The van der Waals surface area contributed by atoms with Crippen LogP contribution in [0.4, 0.5) is 11.4 Å². The summed E-state index contributed by atoms with van der Waals surface area (Å²) in [5.41, 5.74) is 6.76. The molecule has 0 aromatic heterocycles. The van der Waals surface area contributed by atoms with Crippen molar-refractivity contribution in [1.29, 1.82) is 0 Å². The number of para-hydroxylation sites is 2. The molecule has 1 aliphatic rings. The molecule has 0 radical (unpaired) electrons. The molecule has 0 bridgehead atoms. The van der Waals surface area contributed by atoms with E-state index in [0.717, 1.165) is 22.6 Å². The maximum absolute atomic E-state index is 12.4. The van der Waals surface area contributed by atoms with Crippen LogP contribution in [0.1, 0.15) is 18.9 Å². The molecule has 0 atom stereocenters. The number of hydrogen-bond donors (Lipinski definition) is 1. The normalized spacial score (nSPS) is 12.9. The average molecular weight is 388 g/mol. The number of amides is 1. The van der Waals surface area contributed by atoms with Gasteiger partial charge in [0.05, 0.1) is 17.1 Å². The van der Waals surface area contributed by atoms with Crippen LogP contribution in [-0.4, -0.2) is 18.2 Å². The second kappa shape index (κ2) is 8.31. The van der Waals surface area contributed by atoms with Crippen LogP contribution in [0.3, 0.4) is 0 Å². The van der Waals surface area contributed by atoms with Gasteiger partial charge in [-0.25, -0.2) is 5.43 Å². The molecule has 5 heteroatoms. The lowest BCUT2D eigenvalue weighted by Gasteiger charge is -2.32. The number of nitrogens with one attached hydrogen (secondary N) is 1. The van der Waals surface area contributed by atoms with Crippen LogP contribution < -0.4 is 10.3 Å². The van der Waals surface area contributed by atoms with E-state index in [2.05, 4.69) is 39.7 Å². The molecule has 0 saturated carbocycles. The van der Waals surface area contributed by atoms with Gasteiger partial charge in [-0.15, -0.1) is 0 Å². The minimum atomic E-state index is -0.0940. The molecule has 1 amide bonds. The summed E-state index contributed by atoms with van der Waals surface area (Å²) < 4.78 is 0. The number of benzene rings is 3. The van der Waals surface area contributed by atoms with Crippen molar-refractivity contribution < 1.29 is 4.79 Å². The van der Waals surface area contributed by atoms with Gasteiger partial charge in [0.25, 0.3) is 0 Å². The van der Waals surface area contributed by atoms with Gasteiger partial charge in [0.2, 0.25) is 5.91 Å². The fourth-order valence-corrected chi connectivity index (χ4v) is 4.28. The van der Waals surface area contributed by atoms with Crippen molar-refractivity contribution >= 4 is 34.8 Å². The summed E-state index contributed by atoms with van der Waals surface area (Å²) in [4.78, 5) is 17.0. The highest BCUT2D eigenvalue weighted by atomic mass is 32.2. The highest BCUT2D eigenvalue weighted by molar-refractivity contribution is 7.99. The number of anilines is 2. The van der Waals surface area contributed by atoms with Crippen LogP contribution in [0.5, 0.6) is 0 Å². The van der Waals surface area contributed by atoms with Gasteiger partial charge in [-0.05, 0) is 36.8 Å². The zero-order valence-corrected chi connectivity index (χ0v) is 16.4. The third-order valence-corrected chi connectivity index (χ3v) is 5.76. The minimum Gasteiger partial charge on any atom is -0.339 e. The van der Waals surface area contributed by atoms with Gasteiger partial charge in [-0.3, -0.25) is 4.79 Å². The molecular weight excluding hydrogens is 366 g/mol. The molecule has 0 saturated heterocycles. The van der Waals surface area contributed by atoms with Gasteiger partial charge < -0.3 is 4.90 Å². The first-order valence-corrected chi connectivity index (χ1v) is 10.1. The van der Waals surface area contributed by atoms with Gasteiger partial charge in [0.1, 0.15) is 0 Å². The topological polar surface area (TPSA) is 44.7 Å². The first-order chi connectivity index (χ1) is 13.7. The molecule has 0 unspecified atom stereocenters. The molecule has 140 valence electrons. The Bertz CT molecular complexity index is 972. The van der Waals surface area contributed by atoms with Crippen molar-refractivity contribution in [2.75, 3.05) is 11.4 Å². The lowest BCUT2D eigenvalue weighted by molar-refractivity contribution is -0.120. The smallest absolute Gasteiger partial charge is 0.241 e. The summed E-state index contributed by atoms with van der Waals surface area (Å²) in [5.74, 6) is -0.0940. The minimum absolute atomic E-state index is 0.0940. The SMILES string of the molecule is C/C(=N\NC(=O)CCN1c2ccccc2Sc2ccccc21)c1ccccc1. The monoisotopic (exact) mass is 387 g/mol. The molecule has 1 aliphatic heterocycles. The van der Waals surface area contributed by atoms with E-state index in [1.54, 1.807) is 11.8 Å². The molecule has 0 fully saturated rings. The Morgan fingerprint density at radius 3 is 2.11 bits per heavy atom. The predicted octanol–water partition coefficient (Wildman–Crippen LogP) is 5.22. The van der Waals surface area contributed by atoms with E-state index in [9.17, 15) is 4.79 Å². The van der Waals surface area contributed by atoms with Crippen LogP contribution in [0, 0.1) is 0 Å². The van der Waals surface area contributed by atoms with Crippen LogP contribution in [0.25, 0.3) is 0 Å². The van der Waals surface area contributed by atoms with Crippen molar-refractivity contribution in [3.8, 4) is 0 Å². The van der Waals surface area contributed by atoms with E-state index in [0.29, 0.717) is 13.0 Å². The predicted molar refractivity (Wildman–Crippen MR) is 115 cm³/mol. The largest absolute Gasteiger partial charge is 0.339 e.